The van der Waals surface area contributed by atoms with Crippen LogP contribution in [0.15, 0.2) is 54.7 Å². The average Bonchev–Trinajstić information content (AvgIpc) is 3.28. The monoisotopic (exact) mass is 408 g/mol. The predicted octanol–water partition coefficient (Wildman–Crippen LogP) is 4.54. The molecule has 2 aromatic carbocycles. The van der Waals surface area contributed by atoms with Gasteiger partial charge in [-0.3, -0.25) is 19.3 Å². The average molecular weight is 408 g/mol. The van der Waals surface area contributed by atoms with Crippen LogP contribution in [0, 0.1) is 17.0 Å². The molecule has 0 bridgehead atoms. The van der Waals surface area contributed by atoms with Gasteiger partial charge in [-0.05, 0) is 13.0 Å². The maximum Gasteiger partial charge on any atom is 0.273 e. The van der Waals surface area contributed by atoms with E-state index in [4.69, 9.17) is 4.74 Å². The number of hydrogen-bond donors (Lipinski definition) is 1. The van der Waals surface area contributed by atoms with Crippen LogP contribution >= 0.6 is 11.3 Å². The maximum atomic E-state index is 12.8. The summed E-state index contributed by atoms with van der Waals surface area (Å²) in [6.07, 6.45) is 1.90. The summed E-state index contributed by atoms with van der Waals surface area (Å²) in [6, 6.07) is 13.9. The van der Waals surface area contributed by atoms with Crippen molar-refractivity contribution in [2.24, 2.45) is 0 Å². The third-order valence-electron chi connectivity index (χ3n) is 4.48. The summed E-state index contributed by atoms with van der Waals surface area (Å²) in [6.45, 7) is 1.85. The molecule has 0 atom stereocenters. The highest BCUT2D eigenvalue weighted by Crippen LogP contribution is 2.31. The van der Waals surface area contributed by atoms with Crippen LogP contribution in [-0.2, 0) is 0 Å². The lowest BCUT2D eigenvalue weighted by Gasteiger charge is -2.09. The first kappa shape index (κ1) is 18.6. The quantitative estimate of drug-likeness (QED) is 0.386. The molecule has 0 saturated carbocycles. The lowest BCUT2D eigenvalue weighted by molar-refractivity contribution is -0.384. The highest BCUT2D eigenvalue weighted by atomic mass is 32.1. The fourth-order valence-electron chi connectivity index (χ4n) is 2.98. The fourth-order valence-corrected chi connectivity index (χ4v) is 3.99. The number of carbonyl (C=O) groups is 1. The van der Waals surface area contributed by atoms with E-state index in [0.717, 1.165) is 17.0 Å². The molecule has 0 aliphatic heterocycles. The van der Waals surface area contributed by atoms with Crippen LogP contribution in [-0.4, -0.2) is 27.3 Å². The van der Waals surface area contributed by atoms with Gasteiger partial charge in [0, 0.05) is 23.5 Å². The fraction of sp³-hybridized carbons (Fsp3) is 0.100. The highest BCUT2D eigenvalue weighted by molar-refractivity contribution is 7.19. The Kier molecular flexibility index (Phi) is 4.73. The minimum absolute atomic E-state index is 0.112. The number of fused-ring (bicyclic) bond motifs is 1. The second-order valence-electron chi connectivity index (χ2n) is 6.26. The first-order valence-electron chi connectivity index (χ1n) is 8.65. The Balaban J connectivity index is 1.63. The van der Waals surface area contributed by atoms with E-state index in [1.54, 1.807) is 0 Å². The van der Waals surface area contributed by atoms with Crippen molar-refractivity contribution in [3.63, 3.8) is 0 Å². The van der Waals surface area contributed by atoms with Crippen LogP contribution in [0.5, 0.6) is 5.75 Å². The van der Waals surface area contributed by atoms with Crippen LogP contribution < -0.4 is 10.1 Å². The van der Waals surface area contributed by atoms with Gasteiger partial charge in [0.15, 0.2) is 4.96 Å². The van der Waals surface area contributed by atoms with Gasteiger partial charge in [0.25, 0.3) is 11.6 Å². The van der Waals surface area contributed by atoms with Gasteiger partial charge in [0.05, 0.1) is 29.5 Å². The van der Waals surface area contributed by atoms with Crippen molar-refractivity contribution in [1.29, 1.82) is 0 Å². The molecule has 1 N–H and O–H groups in total. The number of nitro benzene ring substituents is 1. The van der Waals surface area contributed by atoms with Crippen molar-refractivity contribution in [2.75, 3.05) is 12.4 Å². The molecule has 0 aliphatic rings. The zero-order chi connectivity index (χ0) is 20.5. The topological polar surface area (TPSA) is 98.8 Å². The van der Waals surface area contributed by atoms with Crippen molar-refractivity contribution in [3.05, 3.63) is 75.4 Å². The first-order chi connectivity index (χ1) is 14.0. The molecular weight excluding hydrogens is 392 g/mol. The Morgan fingerprint density at radius 1 is 1.24 bits per heavy atom. The number of hydrogen-bond acceptors (Lipinski definition) is 6. The molecule has 2 aromatic heterocycles. The Labute approximate surface area is 169 Å². The van der Waals surface area contributed by atoms with Crippen LogP contribution in [0.1, 0.15) is 15.4 Å². The molecule has 4 rings (SSSR count). The number of methoxy groups -OCH3 is 1. The molecule has 2 heterocycles. The third kappa shape index (κ3) is 3.43. The molecule has 0 fully saturated rings. The number of benzene rings is 2. The van der Waals surface area contributed by atoms with E-state index in [2.05, 4.69) is 10.3 Å². The predicted molar refractivity (Wildman–Crippen MR) is 111 cm³/mol. The van der Waals surface area contributed by atoms with Crippen molar-refractivity contribution < 1.29 is 14.5 Å². The minimum Gasteiger partial charge on any atom is -0.494 e. The largest absolute Gasteiger partial charge is 0.494 e. The molecule has 146 valence electrons. The number of rotatable bonds is 5. The molecule has 0 aliphatic carbocycles. The number of aromatic nitrogens is 2. The molecule has 0 saturated heterocycles. The number of non-ortho nitro benzene ring substituents is 1. The van der Waals surface area contributed by atoms with Gasteiger partial charge in [-0.1, -0.05) is 41.7 Å². The van der Waals surface area contributed by atoms with E-state index >= 15 is 0 Å². The summed E-state index contributed by atoms with van der Waals surface area (Å²) in [4.78, 5) is 29.1. The number of nitrogens with one attached hydrogen (secondary N) is 1. The normalized spacial score (nSPS) is 10.8. The number of aryl methyl sites for hydroxylation is 1. The van der Waals surface area contributed by atoms with Crippen molar-refractivity contribution in [2.45, 2.75) is 6.92 Å². The highest BCUT2D eigenvalue weighted by Gasteiger charge is 2.20. The van der Waals surface area contributed by atoms with Crippen LogP contribution in [0.3, 0.4) is 0 Å². The Bertz CT molecular complexity index is 1230. The third-order valence-corrected chi connectivity index (χ3v) is 5.63. The molecule has 9 heteroatoms. The summed E-state index contributed by atoms with van der Waals surface area (Å²) in [5.41, 5.74) is 2.85. The molecule has 4 aromatic rings. The van der Waals surface area contributed by atoms with Gasteiger partial charge in [-0.15, -0.1) is 0 Å². The van der Waals surface area contributed by atoms with E-state index < -0.39 is 4.92 Å². The molecule has 0 radical (unpaired) electrons. The summed E-state index contributed by atoms with van der Waals surface area (Å²) >= 11 is 1.28. The van der Waals surface area contributed by atoms with Gasteiger partial charge in [-0.25, -0.2) is 4.98 Å². The summed E-state index contributed by atoms with van der Waals surface area (Å²) in [5.74, 6) is -0.107. The second-order valence-corrected chi connectivity index (χ2v) is 7.23. The van der Waals surface area contributed by atoms with Gasteiger partial charge in [0.2, 0.25) is 0 Å². The molecule has 8 nitrogen and oxygen atoms in total. The van der Waals surface area contributed by atoms with Crippen LogP contribution in [0.2, 0.25) is 0 Å². The summed E-state index contributed by atoms with van der Waals surface area (Å²) in [7, 11) is 1.39. The van der Waals surface area contributed by atoms with Crippen molar-refractivity contribution >= 4 is 33.6 Å². The molecule has 0 unspecified atom stereocenters. The Morgan fingerprint density at radius 3 is 2.66 bits per heavy atom. The van der Waals surface area contributed by atoms with E-state index in [1.807, 2.05) is 47.9 Å². The number of imidazole rings is 1. The standard InChI is InChI=1S/C20H16N4O4S/c1-12-18(19(25)21-15-9-8-14(24(26)27)10-17(15)28-2)29-20-22-16(11-23(12)20)13-6-4-3-5-7-13/h3-11H,1-2H3,(H,21,25). The zero-order valence-corrected chi connectivity index (χ0v) is 16.4. The molecular formula is C20H16N4O4S. The number of nitro groups is 1. The lowest BCUT2D eigenvalue weighted by atomic mass is 10.2. The SMILES string of the molecule is COc1cc([N+](=O)[O-])ccc1NC(=O)c1sc2nc(-c3ccccc3)cn2c1C. The van der Waals surface area contributed by atoms with E-state index in [-0.39, 0.29) is 17.3 Å². The number of thiazole rings is 1. The number of nitrogens with zero attached hydrogens (tertiary/aromatic N) is 3. The van der Waals surface area contributed by atoms with E-state index in [1.165, 1.54) is 36.6 Å². The first-order valence-corrected chi connectivity index (χ1v) is 9.47. The Hall–Kier alpha value is -3.72. The zero-order valence-electron chi connectivity index (χ0n) is 15.6. The second kappa shape index (κ2) is 7.36. The summed E-state index contributed by atoms with van der Waals surface area (Å²) in [5, 5.41) is 13.7. The van der Waals surface area contributed by atoms with E-state index in [9.17, 15) is 14.9 Å². The Morgan fingerprint density at radius 2 is 2.00 bits per heavy atom. The van der Waals surface area contributed by atoms with E-state index in [0.29, 0.717) is 15.5 Å². The molecule has 0 spiro atoms. The van der Waals surface area contributed by atoms with Gasteiger partial charge in [-0.2, -0.15) is 0 Å². The van der Waals surface area contributed by atoms with Gasteiger partial charge < -0.3 is 10.1 Å². The number of ether oxygens (including phenoxy) is 1. The molecule has 1 amide bonds. The van der Waals surface area contributed by atoms with Crippen LogP contribution in [0.4, 0.5) is 11.4 Å². The smallest absolute Gasteiger partial charge is 0.273 e. The number of amides is 1. The number of carbonyl (C=O) groups excluding carboxylic acids is 1. The minimum atomic E-state index is -0.517. The van der Waals surface area contributed by atoms with Crippen molar-refractivity contribution in [1.82, 2.24) is 9.38 Å². The summed E-state index contributed by atoms with van der Waals surface area (Å²) < 4.78 is 7.06. The maximum absolute atomic E-state index is 12.8. The lowest BCUT2D eigenvalue weighted by Crippen LogP contribution is -2.12. The van der Waals surface area contributed by atoms with Gasteiger partial charge >= 0.3 is 0 Å². The van der Waals surface area contributed by atoms with Crippen LogP contribution in [0.25, 0.3) is 16.2 Å². The van der Waals surface area contributed by atoms with Crippen molar-refractivity contribution in [3.8, 4) is 17.0 Å². The van der Waals surface area contributed by atoms with Gasteiger partial charge in [0.1, 0.15) is 10.6 Å². The molecule has 29 heavy (non-hydrogen) atoms. The number of anilines is 1.